The van der Waals surface area contributed by atoms with Crippen molar-refractivity contribution >= 4 is 39.1 Å². The first-order chi connectivity index (χ1) is 20.6. The molecular formula is C32H38ClN3O6S. The van der Waals surface area contributed by atoms with Gasteiger partial charge in [0, 0.05) is 23.7 Å². The molecule has 2 amide bonds. The first kappa shape index (κ1) is 32.2. The molecule has 0 aromatic heterocycles. The molecule has 9 nitrogen and oxygen atoms in total. The summed E-state index contributed by atoms with van der Waals surface area (Å²) in [4.78, 5) is 28.9. The third-order valence-electron chi connectivity index (χ3n) is 7.68. The minimum Gasteiger partial charge on any atom is -0.493 e. The standard InChI is InChI=1S/C32H38ClN3O6S/c1-23(32(38)34-25-13-6-4-7-14-25)35(21-24-12-10-11-17-28(24)33)31(37)22-36(26-15-8-5-9-16-26)43(39,40)27-18-19-29(41-2)30(20-27)42-3/h5,8-12,15-20,23,25H,4,6-7,13-14,21-22H2,1-3H3,(H,34,38)/t23-/m1/s1. The van der Waals surface area contributed by atoms with Gasteiger partial charge in [0.1, 0.15) is 12.6 Å². The van der Waals surface area contributed by atoms with Gasteiger partial charge in [0.05, 0.1) is 24.8 Å². The van der Waals surface area contributed by atoms with Gasteiger partial charge in [-0.25, -0.2) is 8.42 Å². The number of benzene rings is 3. The van der Waals surface area contributed by atoms with Crippen LogP contribution in [0.5, 0.6) is 11.5 Å². The quantitative estimate of drug-likeness (QED) is 0.288. The number of methoxy groups -OCH3 is 2. The van der Waals surface area contributed by atoms with Crippen LogP contribution in [0, 0.1) is 0 Å². The van der Waals surface area contributed by atoms with E-state index in [1.807, 2.05) is 0 Å². The number of anilines is 1. The Bertz CT molecular complexity index is 1510. The number of nitrogens with one attached hydrogen (secondary N) is 1. The zero-order valence-electron chi connectivity index (χ0n) is 24.7. The number of halogens is 1. The van der Waals surface area contributed by atoms with Crippen LogP contribution in [0.4, 0.5) is 5.69 Å². The maximum Gasteiger partial charge on any atom is 0.264 e. The molecule has 43 heavy (non-hydrogen) atoms. The number of carbonyl (C=O) groups is 2. The fraction of sp³-hybridized carbons (Fsp3) is 0.375. The van der Waals surface area contributed by atoms with Crippen molar-refractivity contribution < 1.29 is 27.5 Å². The number of hydrogen-bond donors (Lipinski definition) is 1. The number of carbonyl (C=O) groups excluding carboxylic acids is 2. The molecule has 1 aliphatic carbocycles. The summed E-state index contributed by atoms with van der Waals surface area (Å²) in [5.41, 5.74) is 0.937. The molecule has 11 heteroatoms. The van der Waals surface area contributed by atoms with E-state index in [4.69, 9.17) is 21.1 Å². The van der Waals surface area contributed by atoms with Gasteiger partial charge in [0.25, 0.3) is 10.0 Å². The average molecular weight is 628 g/mol. The van der Waals surface area contributed by atoms with Crippen LogP contribution in [0.15, 0.2) is 77.7 Å². The molecule has 1 atom stereocenters. The van der Waals surface area contributed by atoms with Crippen molar-refractivity contribution in [1.29, 1.82) is 0 Å². The number of para-hydroxylation sites is 1. The first-order valence-electron chi connectivity index (χ1n) is 14.3. The topological polar surface area (TPSA) is 105 Å². The van der Waals surface area contributed by atoms with Crippen LogP contribution in [-0.4, -0.2) is 58.0 Å². The van der Waals surface area contributed by atoms with Crippen molar-refractivity contribution in [1.82, 2.24) is 10.2 Å². The van der Waals surface area contributed by atoms with Gasteiger partial charge in [-0.15, -0.1) is 0 Å². The average Bonchev–Trinajstić information content (AvgIpc) is 3.03. The molecule has 1 N–H and O–H groups in total. The van der Waals surface area contributed by atoms with Gasteiger partial charge in [-0.05, 0) is 55.7 Å². The highest BCUT2D eigenvalue weighted by molar-refractivity contribution is 7.92. The van der Waals surface area contributed by atoms with E-state index in [1.165, 1.54) is 37.3 Å². The minimum atomic E-state index is -4.27. The summed E-state index contributed by atoms with van der Waals surface area (Å²) in [6, 6.07) is 18.9. The molecule has 0 unspecified atom stereocenters. The first-order valence-corrected chi connectivity index (χ1v) is 16.1. The predicted molar refractivity (Wildman–Crippen MR) is 167 cm³/mol. The van der Waals surface area contributed by atoms with Crippen LogP contribution in [-0.2, 0) is 26.2 Å². The Morgan fingerprint density at radius 3 is 2.23 bits per heavy atom. The number of rotatable bonds is 12. The lowest BCUT2D eigenvalue weighted by molar-refractivity contribution is -0.139. The molecule has 3 aromatic rings. The lowest BCUT2D eigenvalue weighted by Gasteiger charge is -2.33. The van der Waals surface area contributed by atoms with Crippen molar-refractivity contribution in [3.63, 3.8) is 0 Å². The normalized spacial score (nSPS) is 14.4. The molecule has 3 aromatic carbocycles. The molecule has 0 spiro atoms. The zero-order valence-corrected chi connectivity index (χ0v) is 26.2. The maximum atomic E-state index is 14.1. The van der Waals surface area contributed by atoms with Gasteiger partial charge in [-0.1, -0.05) is 67.3 Å². The Morgan fingerprint density at radius 2 is 1.58 bits per heavy atom. The summed E-state index contributed by atoms with van der Waals surface area (Å²) < 4.78 is 39.8. The second kappa shape index (κ2) is 14.6. The summed E-state index contributed by atoms with van der Waals surface area (Å²) in [7, 11) is -1.39. The Hall–Kier alpha value is -3.76. The predicted octanol–water partition coefficient (Wildman–Crippen LogP) is 5.42. The Balaban J connectivity index is 1.69. The molecule has 0 heterocycles. The summed E-state index contributed by atoms with van der Waals surface area (Å²) in [6.07, 6.45) is 5.01. The summed E-state index contributed by atoms with van der Waals surface area (Å²) in [5, 5.41) is 3.54. The van der Waals surface area contributed by atoms with Crippen molar-refractivity contribution in [2.45, 2.75) is 62.6 Å². The SMILES string of the molecule is COc1ccc(S(=O)(=O)N(CC(=O)N(Cc2ccccc2Cl)[C@H](C)C(=O)NC2CCCCC2)c2ccccc2)cc1OC. The van der Waals surface area contributed by atoms with Crippen molar-refractivity contribution in [2.24, 2.45) is 0 Å². The van der Waals surface area contributed by atoms with Crippen molar-refractivity contribution in [3.05, 3.63) is 83.4 Å². The van der Waals surface area contributed by atoms with E-state index in [0.717, 1.165) is 36.4 Å². The summed E-state index contributed by atoms with van der Waals surface area (Å²) in [6.45, 7) is 1.13. The molecule has 0 saturated heterocycles. The van der Waals surface area contributed by atoms with Crippen LogP contribution < -0.4 is 19.1 Å². The largest absolute Gasteiger partial charge is 0.493 e. The van der Waals surface area contributed by atoms with E-state index in [1.54, 1.807) is 61.5 Å². The summed E-state index contributed by atoms with van der Waals surface area (Å²) >= 11 is 6.45. The second-order valence-electron chi connectivity index (χ2n) is 10.5. The fourth-order valence-corrected chi connectivity index (χ4v) is 6.81. The van der Waals surface area contributed by atoms with E-state index in [9.17, 15) is 18.0 Å². The molecule has 230 valence electrons. The Morgan fingerprint density at radius 1 is 0.930 bits per heavy atom. The van der Waals surface area contributed by atoms with Gasteiger partial charge < -0.3 is 19.7 Å². The van der Waals surface area contributed by atoms with E-state index in [2.05, 4.69) is 5.32 Å². The molecule has 1 fully saturated rings. The van der Waals surface area contributed by atoms with E-state index in [-0.39, 0.29) is 29.1 Å². The van der Waals surface area contributed by atoms with Gasteiger partial charge in [-0.2, -0.15) is 0 Å². The van der Waals surface area contributed by atoms with Crippen LogP contribution in [0.3, 0.4) is 0 Å². The zero-order chi connectivity index (χ0) is 31.0. The maximum absolute atomic E-state index is 14.1. The van der Waals surface area contributed by atoms with Crippen molar-refractivity contribution in [3.8, 4) is 11.5 Å². The van der Waals surface area contributed by atoms with Gasteiger partial charge in [0.15, 0.2) is 11.5 Å². The lowest BCUT2D eigenvalue weighted by atomic mass is 9.95. The molecule has 0 radical (unpaired) electrons. The third-order valence-corrected chi connectivity index (χ3v) is 9.82. The van der Waals surface area contributed by atoms with Gasteiger partial charge in [0.2, 0.25) is 11.8 Å². The fourth-order valence-electron chi connectivity index (χ4n) is 5.19. The second-order valence-corrected chi connectivity index (χ2v) is 12.8. The lowest BCUT2D eigenvalue weighted by Crippen LogP contribution is -2.53. The minimum absolute atomic E-state index is 0.0246. The highest BCUT2D eigenvalue weighted by Crippen LogP contribution is 2.32. The molecule has 4 rings (SSSR count). The number of ether oxygens (including phenoxy) is 2. The Labute approximate surface area is 258 Å². The molecule has 1 aliphatic rings. The highest BCUT2D eigenvalue weighted by Gasteiger charge is 2.34. The Kier molecular flexibility index (Phi) is 10.9. The third kappa shape index (κ3) is 7.80. The molecule has 1 saturated carbocycles. The smallest absolute Gasteiger partial charge is 0.264 e. The van der Waals surface area contributed by atoms with Gasteiger partial charge in [-0.3, -0.25) is 13.9 Å². The van der Waals surface area contributed by atoms with Gasteiger partial charge >= 0.3 is 0 Å². The highest BCUT2D eigenvalue weighted by atomic mass is 35.5. The van der Waals surface area contributed by atoms with E-state index >= 15 is 0 Å². The number of nitrogens with zero attached hydrogens (tertiary/aromatic N) is 2. The number of sulfonamides is 1. The monoisotopic (exact) mass is 627 g/mol. The van der Waals surface area contributed by atoms with E-state index < -0.39 is 28.5 Å². The van der Waals surface area contributed by atoms with Crippen LogP contribution >= 0.6 is 11.6 Å². The van der Waals surface area contributed by atoms with Crippen LogP contribution in [0.2, 0.25) is 5.02 Å². The number of amides is 2. The molecular weight excluding hydrogens is 590 g/mol. The van der Waals surface area contributed by atoms with Crippen LogP contribution in [0.25, 0.3) is 0 Å². The van der Waals surface area contributed by atoms with E-state index in [0.29, 0.717) is 22.0 Å². The molecule has 0 aliphatic heterocycles. The van der Waals surface area contributed by atoms with Crippen LogP contribution in [0.1, 0.15) is 44.6 Å². The number of hydrogen-bond acceptors (Lipinski definition) is 6. The summed E-state index contributed by atoms with van der Waals surface area (Å²) in [5.74, 6) is -0.246. The molecule has 0 bridgehead atoms. The van der Waals surface area contributed by atoms with Crippen molar-refractivity contribution in [2.75, 3.05) is 25.1 Å².